The van der Waals surface area contributed by atoms with Crippen molar-refractivity contribution < 1.29 is 19.1 Å². The number of carbonyl (C=O) groups is 3. The Kier molecular flexibility index (Phi) is 5.78. The lowest BCUT2D eigenvalue weighted by Crippen LogP contribution is -2.45. The van der Waals surface area contributed by atoms with E-state index in [4.69, 9.17) is 4.74 Å². The minimum atomic E-state index is -0.517. The van der Waals surface area contributed by atoms with Gasteiger partial charge in [0.1, 0.15) is 6.54 Å². The summed E-state index contributed by atoms with van der Waals surface area (Å²) in [7, 11) is 0. The zero-order valence-electron chi connectivity index (χ0n) is 16.3. The van der Waals surface area contributed by atoms with E-state index >= 15 is 0 Å². The smallest absolute Gasteiger partial charge is 0.340 e. The van der Waals surface area contributed by atoms with E-state index in [1.165, 1.54) is 11.8 Å². The zero-order chi connectivity index (χ0) is 20.3. The van der Waals surface area contributed by atoms with Crippen LogP contribution >= 0.6 is 0 Å². The van der Waals surface area contributed by atoms with Crippen molar-refractivity contribution in [2.24, 2.45) is 0 Å². The highest BCUT2D eigenvalue weighted by Gasteiger charge is 2.32. The summed E-state index contributed by atoms with van der Waals surface area (Å²) in [5.41, 5.74) is 2.64. The molecule has 0 N–H and O–H groups in total. The number of fused-ring (bicyclic) bond motifs is 1. The van der Waals surface area contributed by atoms with Crippen molar-refractivity contribution in [3.05, 3.63) is 59.7 Å². The Hall–Kier alpha value is -3.15. The maximum absolute atomic E-state index is 13.1. The number of nitrogens with zero attached hydrogens (tertiary/aromatic N) is 2. The molecule has 0 saturated heterocycles. The number of esters is 1. The van der Waals surface area contributed by atoms with Gasteiger partial charge in [-0.15, -0.1) is 0 Å². The summed E-state index contributed by atoms with van der Waals surface area (Å²) < 4.78 is 5.09. The highest BCUT2D eigenvalue weighted by molar-refractivity contribution is 6.07. The third kappa shape index (κ3) is 3.76. The van der Waals surface area contributed by atoms with Crippen LogP contribution in [0.2, 0.25) is 0 Å². The number of ether oxygens (including phenoxy) is 1. The SMILES string of the molecule is CCOC(=O)c1ccccc1N(CC(=O)N1c2ccccc2CC1C)C(C)=O. The van der Waals surface area contributed by atoms with Crippen LogP contribution in [0.4, 0.5) is 11.4 Å². The molecule has 0 fully saturated rings. The van der Waals surface area contributed by atoms with Gasteiger partial charge in [0.25, 0.3) is 0 Å². The average Bonchev–Trinajstić information content (AvgIpc) is 3.01. The Balaban J connectivity index is 1.90. The van der Waals surface area contributed by atoms with Gasteiger partial charge in [0.05, 0.1) is 17.9 Å². The molecule has 3 rings (SSSR count). The van der Waals surface area contributed by atoms with Crippen molar-refractivity contribution >= 4 is 29.2 Å². The van der Waals surface area contributed by atoms with Crippen LogP contribution in [0.25, 0.3) is 0 Å². The topological polar surface area (TPSA) is 66.9 Å². The molecule has 6 heteroatoms. The summed E-state index contributed by atoms with van der Waals surface area (Å²) in [5, 5.41) is 0. The second-order valence-electron chi connectivity index (χ2n) is 6.79. The van der Waals surface area contributed by atoms with E-state index in [0.717, 1.165) is 17.7 Å². The number of hydrogen-bond donors (Lipinski definition) is 0. The molecule has 0 spiro atoms. The zero-order valence-corrected chi connectivity index (χ0v) is 16.3. The van der Waals surface area contributed by atoms with E-state index in [1.54, 1.807) is 36.1 Å². The molecule has 2 aromatic rings. The Bertz CT molecular complexity index is 909. The van der Waals surface area contributed by atoms with Crippen LogP contribution < -0.4 is 9.80 Å². The summed E-state index contributed by atoms with van der Waals surface area (Å²) in [5.74, 6) is -1.02. The Morgan fingerprint density at radius 2 is 1.79 bits per heavy atom. The van der Waals surface area contributed by atoms with Gasteiger partial charge in [-0.3, -0.25) is 9.59 Å². The first-order chi connectivity index (χ1) is 13.4. The molecular weight excluding hydrogens is 356 g/mol. The number of rotatable bonds is 5. The number of benzene rings is 2. The van der Waals surface area contributed by atoms with E-state index in [2.05, 4.69) is 0 Å². The third-order valence-electron chi connectivity index (χ3n) is 4.84. The van der Waals surface area contributed by atoms with Gasteiger partial charge in [-0.2, -0.15) is 0 Å². The van der Waals surface area contributed by atoms with Gasteiger partial charge in [-0.1, -0.05) is 30.3 Å². The highest BCUT2D eigenvalue weighted by atomic mass is 16.5. The lowest BCUT2D eigenvalue weighted by atomic mass is 10.1. The van der Waals surface area contributed by atoms with E-state index in [1.807, 2.05) is 31.2 Å². The molecule has 1 aliphatic rings. The molecule has 6 nitrogen and oxygen atoms in total. The first-order valence-electron chi connectivity index (χ1n) is 9.38. The van der Waals surface area contributed by atoms with E-state index < -0.39 is 5.97 Å². The van der Waals surface area contributed by atoms with Crippen molar-refractivity contribution in [1.29, 1.82) is 0 Å². The van der Waals surface area contributed by atoms with Gasteiger partial charge in [-0.25, -0.2) is 4.79 Å². The van der Waals surface area contributed by atoms with Crippen LogP contribution in [0.15, 0.2) is 48.5 Å². The van der Waals surface area contributed by atoms with Crippen molar-refractivity contribution in [3.63, 3.8) is 0 Å². The van der Waals surface area contributed by atoms with Crippen molar-refractivity contribution in [2.45, 2.75) is 33.2 Å². The monoisotopic (exact) mass is 380 g/mol. The minimum absolute atomic E-state index is 0.0130. The predicted molar refractivity (Wildman–Crippen MR) is 108 cm³/mol. The number of carbonyl (C=O) groups excluding carboxylic acids is 3. The molecule has 0 radical (unpaired) electrons. The Morgan fingerprint density at radius 3 is 2.50 bits per heavy atom. The normalized spacial score (nSPS) is 15.1. The van der Waals surface area contributed by atoms with Crippen LogP contribution in [0, 0.1) is 0 Å². The second kappa shape index (κ2) is 8.25. The van der Waals surface area contributed by atoms with Gasteiger partial charge in [-0.05, 0) is 44.0 Å². The molecule has 0 saturated carbocycles. The molecule has 2 aromatic carbocycles. The van der Waals surface area contributed by atoms with E-state index in [-0.39, 0.29) is 36.6 Å². The number of anilines is 2. The number of amides is 2. The molecule has 0 aromatic heterocycles. The van der Waals surface area contributed by atoms with Crippen LogP contribution in [-0.4, -0.2) is 37.0 Å². The van der Waals surface area contributed by atoms with Crippen LogP contribution in [0.3, 0.4) is 0 Å². The standard InChI is InChI=1S/C22H24N2O4/c1-4-28-22(27)18-10-6-8-12-20(18)23(16(3)25)14-21(26)24-15(2)13-17-9-5-7-11-19(17)24/h5-12,15H,4,13-14H2,1-3H3. The van der Waals surface area contributed by atoms with Crippen molar-refractivity contribution in [3.8, 4) is 0 Å². The summed E-state index contributed by atoms with van der Waals surface area (Å²) >= 11 is 0. The van der Waals surface area contributed by atoms with Gasteiger partial charge in [0.2, 0.25) is 11.8 Å². The highest BCUT2D eigenvalue weighted by Crippen LogP contribution is 2.32. The van der Waals surface area contributed by atoms with Gasteiger partial charge in [0.15, 0.2) is 0 Å². The number of hydrogen-bond acceptors (Lipinski definition) is 4. The molecular formula is C22H24N2O4. The molecule has 1 atom stereocenters. The minimum Gasteiger partial charge on any atom is -0.462 e. The first-order valence-corrected chi connectivity index (χ1v) is 9.38. The van der Waals surface area contributed by atoms with Crippen LogP contribution in [0.1, 0.15) is 36.7 Å². The summed E-state index contributed by atoms with van der Waals surface area (Å²) in [6.07, 6.45) is 0.779. The first kappa shape index (κ1) is 19.6. The molecule has 28 heavy (non-hydrogen) atoms. The molecule has 1 unspecified atom stereocenters. The lowest BCUT2D eigenvalue weighted by Gasteiger charge is -2.28. The van der Waals surface area contributed by atoms with Crippen molar-refractivity contribution in [2.75, 3.05) is 23.0 Å². The molecule has 0 aliphatic carbocycles. The van der Waals surface area contributed by atoms with Gasteiger partial charge < -0.3 is 14.5 Å². The summed E-state index contributed by atoms with van der Waals surface area (Å²) in [6, 6.07) is 14.5. The fourth-order valence-electron chi connectivity index (χ4n) is 3.61. The quantitative estimate of drug-likeness (QED) is 0.747. The fraction of sp³-hybridized carbons (Fsp3) is 0.318. The molecule has 1 aliphatic heterocycles. The molecule has 146 valence electrons. The molecule has 0 bridgehead atoms. The van der Waals surface area contributed by atoms with Gasteiger partial charge in [0, 0.05) is 18.7 Å². The van der Waals surface area contributed by atoms with Crippen LogP contribution in [-0.2, 0) is 20.7 Å². The maximum atomic E-state index is 13.1. The van der Waals surface area contributed by atoms with Crippen LogP contribution in [0.5, 0.6) is 0 Å². The molecule has 2 amide bonds. The fourth-order valence-corrected chi connectivity index (χ4v) is 3.61. The third-order valence-corrected chi connectivity index (χ3v) is 4.84. The molecule has 1 heterocycles. The summed E-state index contributed by atoms with van der Waals surface area (Å²) in [6.45, 7) is 5.18. The average molecular weight is 380 g/mol. The Morgan fingerprint density at radius 1 is 1.11 bits per heavy atom. The maximum Gasteiger partial charge on any atom is 0.340 e. The lowest BCUT2D eigenvalue weighted by molar-refractivity contribution is -0.121. The number of para-hydroxylation sites is 2. The largest absolute Gasteiger partial charge is 0.462 e. The van der Waals surface area contributed by atoms with Crippen molar-refractivity contribution in [1.82, 2.24) is 0 Å². The van der Waals surface area contributed by atoms with Gasteiger partial charge >= 0.3 is 5.97 Å². The summed E-state index contributed by atoms with van der Waals surface area (Å²) in [4.78, 5) is 40.9. The second-order valence-corrected chi connectivity index (χ2v) is 6.79. The van der Waals surface area contributed by atoms with E-state index in [9.17, 15) is 14.4 Å². The predicted octanol–water partition coefficient (Wildman–Crippen LogP) is 3.19. The van der Waals surface area contributed by atoms with E-state index in [0.29, 0.717) is 5.69 Å². The Labute approximate surface area is 164 Å².